The van der Waals surface area contributed by atoms with Gasteiger partial charge in [0.25, 0.3) is 11.8 Å². The Morgan fingerprint density at radius 2 is 1.58 bits per heavy atom. The first kappa shape index (κ1) is 23.0. The summed E-state index contributed by atoms with van der Waals surface area (Å²) in [7, 11) is 0. The van der Waals surface area contributed by atoms with Crippen molar-refractivity contribution < 1.29 is 14.4 Å². The van der Waals surface area contributed by atoms with E-state index >= 15 is 0 Å². The van der Waals surface area contributed by atoms with E-state index in [1.165, 1.54) is 0 Å². The fraction of sp³-hybridized carbons (Fsp3) is 0.143. The highest BCUT2D eigenvalue weighted by Crippen LogP contribution is 2.32. The van der Waals surface area contributed by atoms with Crippen LogP contribution in [0, 0.1) is 6.92 Å². The third kappa shape index (κ3) is 3.82. The van der Waals surface area contributed by atoms with Crippen LogP contribution in [0.4, 0.5) is 4.79 Å². The van der Waals surface area contributed by atoms with Crippen LogP contribution in [0.15, 0.2) is 91.1 Å². The van der Waals surface area contributed by atoms with E-state index in [9.17, 15) is 14.4 Å². The maximum atomic E-state index is 13.5. The average Bonchev–Trinajstić information content (AvgIpc) is 3.46. The Morgan fingerprint density at radius 3 is 2.25 bits per heavy atom. The number of para-hydroxylation sites is 1. The number of rotatable bonds is 6. The van der Waals surface area contributed by atoms with E-state index < -0.39 is 23.4 Å². The molecular formula is C28H25N5O3. The Bertz CT molecular complexity index is 1450. The summed E-state index contributed by atoms with van der Waals surface area (Å²) < 4.78 is 1.61. The average molecular weight is 480 g/mol. The Morgan fingerprint density at radius 1 is 0.944 bits per heavy atom. The van der Waals surface area contributed by atoms with Crippen LogP contribution < -0.4 is 10.7 Å². The van der Waals surface area contributed by atoms with Crippen molar-refractivity contribution in [2.75, 3.05) is 0 Å². The number of aromatic nitrogens is 2. The Balaban J connectivity index is 1.52. The van der Waals surface area contributed by atoms with Gasteiger partial charge < -0.3 is 5.32 Å². The second-order valence-electron chi connectivity index (χ2n) is 8.62. The van der Waals surface area contributed by atoms with E-state index in [0.29, 0.717) is 17.7 Å². The number of aryl methyl sites for hydroxylation is 1. The number of imide groups is 1. The molecule has 36 heavy (non-hydrogen) atoms. The molecule has 4 aromatic rings. The van der Waals surface area contributed by atoms with E-state index in [-0.39, 0.29) is 5.56 Å². The zero-order chi connectivity index (χ0) is 25.3. The summed E-state index contributed by atoms with van der Waals surface area (Å²) >= 11 is 0. The molecule has 2 N–H and O–H groups in total. The first-order chi connectivity index (χ1) is 17.4. The molecule has 8 heteroatoms. The summed E-state index contributed by atoms with van der Waals surface area (Å²) in [5, 5.41) is 8.23. The van der Waals surface area contributed by atoms with Gasteiger partial charge in [0.15, 0.2) is 0 Å². The molecule has 8 nitrogen and oxygen atoms in total. The number of carbonyl (C=O) groups excluding carboxylic acids is 3. The van der Waals surface area contributed by atoms with E-state index in [1.807, 2.05) is 74.5 Å². The third-order valence-corrected chi connectivity index (χ3v) is 6.48. The highest BCUT2D eigenvalue weighted by atomic mass is 16.2. The molecule has 2 heterocycles. The quantitative estimate of drug-likeness (QED) is 0.402. The molecule has 0 unspecified atom stereocenters. The number of amides is 4. The van der Waals surface area contributed by atoms with Crippen molar-refractivity contribution in [2.24, 2.45) is 0 Å². The highest BCUT2D eigenvalue weighted by molar-refractivity contribution is 6.10. The van der Waals surface area contributed by atoms with Gasteiger partial charge in [-0.25, -0.2) is 9.48 Å². The van der Waals surface area contributed by atoms with Crippen LogP contribution in [0.3, 0.4) is 0 Å². The maximum Gasteiger partial charge on any atom is 0.344 e. The van der Waals surface area contributed by atoms with Gasteiger partial charge >= 0.3 is 6.03 Å². The lowest BCUT2D eigenvalue weighted by Crippen LogP contribution is -2.48. The largest absolute Gasteiger partial charge is 0.344 e. The van der Waals surface area contributed by atoms with Gasteiger partial charge in [0, 0.05) is 11.8 Å². The minimum absolute atomic E-state index is 0.238. The number of hydrogen-bond acceptors (Lipinski definition) is 4. The fourth-order valence-corrected chi connectivity index (χ4v) is 4.49. The van der Waals surface area contributed by atoms with Crippen LogP contribution in [0.1, 0.15) is 34.8 Å². The van der Waals surface area contributed by atoms with E-state index in [2.05, 4.69) is 15.8 Å². The van der Waals surface area contributed by atoms with Gasteiger partial charge in [0.1, 0.15) is 11.2 Å². The Labute approximate surface area is 208 Å². The SMILES string of the molecule is CC[C@]1(c2ccccc2)NC(=O)N(NC(=O)c2cn(-c3ccccc3)nc2-c2ccccc2C)C1=O. The van der Waals surface area contributed by atoms with Crippen LogP contribution in [0.25, 0.3) is 16.9 Å². The molecule has 0 radical (unpaired) electrons. The molecule has 0 saturated carbocycles. The van der Waals surface area contributed by atoms with Gasteiger partial charge in [0.2, 0.25) is 0 Å². The van der Waals surface area contributed by atoms with E-state index in [0.717, 1.165) is 21.8 Å². The molecule has 4 amide bonds. The van der Waals surface area contributed by atoms with Crippen molar-refractivity contribution in [3.8, 4) is 16.9 Å². The third-order valence-electron chi connectivity index (χ3n) is 6.48. The molecule has 1 fully saturated rings. The monoisotopic (exact) mass is 479 g/mol. The van der Waals surface area contributed by atoms with E-state index in [1.54, 1.807) is 35.1 Å². The van der Waals surface area contributed by atoms with Crippen molar-refractivity contribution >= 4 is 17.8 Å². The molecular weight excluding hydrogens is 454 g/mol. The molecule has 0 bridgehead atoms. The highest BCUT2D eigenvalue weighted by Gasteiger charge is 2.52. The summed E-state index contributed by atoms with van der Waals surface area (Å²) in [5.74, 6) is -1.15. The van der Waals surface area contributed by atoms with Crippen molar-refractivity contribution in [1.82, 2.24) is 25.5 Å². The van der Waals surface area contributed by atoms with Gasteiger partial charge in [-0.1, -0.05) is 79.7 Å². The number of nitrogens with one attached hydrogen (secondary N) is 2. The first-order valence-electron chi connectivity index (χ1n) is 11.7. The first-order valence-corrected chi connectivity index (χ1v) is 11.7. The van der Waals surface area contributed by atoms with Gasteiger partial charge in [-0.2, -0.15) is 10.1 Å². The second-order valence-corrected chi connectivity index (χ2v) is 8.62. The lowest BCUT2D eigenvalue weighted by atomic mass is 9.87. The van der Waals surface area contributed by atoms with Gasteiger partial charge in [-0.15, -0.1) is 0 Å². The molecule has 3 aromatic carbocycles. The zero-order valence-electron chi connectivity index (χ0n) is 19.9. The Kier molecular flexibility index (Phi) is 5.85. The normalized spacial score (nSPS) is 17.2. The van der Waals surface area contributed by atoms with Gasteiger partial charge in [0.05, 0.1) is 11.3 Å². The standard InChI is InChI=1S/C28H25N5O3/c1-3-28(20-13-6-4-7-14-20)26(35)33(27(36)29-28)31-25(34)23-18-32(21-15-8-5-9-16-21)30-24(23)22-17-11-10-12-19(22)2/h4-18H,3H2,1-2H3,(H,29,36)(H,31,34)/t28-/m1/s1. The van der Waals surface area contributed by atoms with Crippen LogP contribution in [-0.2, 0) is 10.3 Å². The lowest BCUT2D eigenvalue weighted by molar-refractivity contribution is -0.133. The summed E-state index contributed by atoms with van der Waals surface area (Å²) in [6.45, 7) is 3.75. The van der Waals surface area contributed by atoms with Crippen LogP contribution in [0.5, 0.6) is 0 Å². The van der Waals surface area contributed by atoms with Crippen molar-refractivity contribution in [1.29, 1.82) is 0 Å². The minimum atomic E-state index is -1.25. The van der Waals surface area contributed by atoms with Crippen LogP contribution in [-0.4, -0.2) is 32.6 Å². The number of hydrazine groups is 1. The molecule has 1 aliphatic rings. The van der Waals surface area contributed by atoms with Crippen molar-refractivity contribution in [2.45, 2.75) is 25.8 Å². The van der Waals surface area contributed by atoms with Crippen LogP contribution >= 0.6 is 0 Å². The number of benzene rings is 3. The second kappa shape index (κ2) is 9.14. The fourth-order valence-electron chi connectivity index (χ4n) is 4.49. The van der Waals surface area contributed by atoms with Crippen LogP contribution in [0.2, 0.25) is 0 Å². The summed E-state index contributed by atoms with van der Waals surface area (Å²) in [6, 6.07) is 25.3. The summed E-state index contributed by atoms with van der Waals surface area (Å²) in [6.07, 6.45) is 1.93. The molecule has 1 aliphatic heterocycles. The lowest BCUT2D eigenvalue weighted by Gasteiger charge is -2.25. The Hall–Kier alpha value is -4.72. The number of nitrogens with zero attached hydrogens (tertiary/aromatic N) is 3. The minimum Gasteiger partial charge on any atom is -0.318 e. The zero-order valence-corrected chi connectivity index (χ0v) is 19.9. The summed E-state index contributed by atoms with van der Waals surface area (Å²) in [4.78, 5) is 39.9. The predicted octanol–water partition coefficient (Wildman–Crippen LogP) is 4.35. The van der Waals surface area contributed by atoms with E-state index in [4.69, 9.17) is 0 Å². The number of urea groups is 1. The smallest absolute Gasteiger partial charge is 0.318 e. The molecule has 5 rings (SSSR count). The van der Waals surface area contributed by atoms with Gasteiger partial charge in [-0.3, -0.25) is 15.0 Å². The van der Waals surface area contributed by atoms with Gasteiger partial charge in [-0.05, 0) is 36.6 Å². The number of carbonyl (C=O) groups is 3. The molecule has 0 spiro atoms. The molecule has 1 aromatic heterocycles. The predicted molar refractivity (Wildman–Crippen MR) is 135 cm³/mol. The molecule has 0 aliphatic carbocycles. The molecule has 1 saturated heterocycles. The van der Waals surface area contributed by atoms with Crippen molar-refractivity contribution in [3.63, 3.8) is 0 Å². The summed E-state index contributed by atoms with van der Waals surface area (Å²) in [5.41, 5.74) is 5.11. The number of hydrogen-bond donors (Lipinski definition) is 2. The molecule has 180 valence electrons. The topological polar surface area (TPSA) is 96.3 Å². The molecule has 1 atom stereocenters. The maximum absolute atomic E-state index is 13.5. The van der Waals surface area contributed by atoms with Crippen molar-refractivity contribution in [3.05, 3.63) is 108 Å².